The Morgan fingerprint density at radius 3 is 1.48 bits per heavy atom. The molecule has 0 heterocycles. The molecular formula is C24H49NO2. The van der Waals surface area contributed by atoms with Crippen LogP contribution < -0.4 is 0 Å². The monoisotopic (exact) mass is 383 g/mol. The zero-order chi connectivity index (χ0) is 20.2. The molecule has 3 nitrogen and oxygen atoms in total. The van der Waals surface area contributed by atoms with Crippen molar-refractivity contribution in [3.8, 4) is 0 Å². The molecule has 0 aromatic rings. The van der Waals surface area contributed by atoms with Crippen LogP contribution in [0.3, 0.4) is 0 Å². The third-order valence-corrected chi connectivity index (χ3v) is 5.03. The number of aliphatic hydroxyl groups is 2. The molecule has 0 spiro atoms. The summed E-state index contributed by atoms with van der Waals surface area (Å²) in [4.78, 5) is 2.18. The van der Waals surface area contributed by atoms with E-state index in [1.54, 1.807) is 0 Å². The maximum absolute atomic E-state index is 9.54. The molecule has 27 heavy (non-hydrogen) atoms. The van der Waals surface area contributed by atoms with Gasteiger partial charge in [0, 0.05) is 13.1 Å². The first-order valence-electron chi connectivity index (χ1n) is 11.8. The fourth-order valence-corrected chi connectivity index (χ4v) is 3.59. The van der Waals surface area contributed by atoms with Crippen LogP contribution in [0.1, 0.15) is 111 Å². The van der Waals surface area contributed by atoms with Gasteiger partial charge in [0.15, 0.2) is 0 Å². The number of allylic oxidation sites excluding steroid dienone is 2. The molecule has 0 radical (unpaired) electrons. The van der Waals surface area contributed by atoms with Crippen LogP contribution in [0.2, 0.25) is 0 Å². The van der Waals surface area contributed by atoms with Gasteiger partial charge in [0.2, 0.25) is 0 Å². The number of unbranched alkanes of at least 4 members (excludes halogenated alkanes) is 12. The zero-order valence-corrected chi connectivity index (χ0v) is 18.7. The fraction of sp³-hybridized carbons (Fsp3) is 0.917. The van der Waals surface area contributed by atoms with Gasteiger partial charge in [-0.25, -0.2) is 0 Å². The topological polar surface area (TPSA) is 43.7 Å². The molecule has 0 saturated carbocycles. The third kappa shape index (κ3) is 21.8. The van der Waals surface area contributed by atoms with Crippen molar-refractivity contribution in [1.82, 2.24) is 4.90 Å². The standard InChI is InChI=1S/C24H49NO2/c1-4-5-6-7-8-9-10-11-12-13-14-15-16-17-18-19-20-25(21-23(2)26)22-24(3)27/h13-14,23-24,26-27H,4-12,15-22H2,1-3H3. The van der Waals surface area contributed by atoms with Crippen LogP contribution in [0, 0.1) is 0 Å². The first kappa shape index (κ1) is 26.6. The molecule has 3 heteroatoms. The van der Waals surface area contributed by atoms with Gasteiger partial charge in [-0.05, 0) is 52.5 Å². The Labute approximate surface area is 170 Å². The van der Waals surface area contributed by atoms with E-state index in [9.17, 15) is 10.2 Å². The lowest BCUT2D eigenvalue weighted by Crippen LogP contribution is -2.36. The average Bonchev–Trinajstić information content (AvgIpc) is 2.60. The van der Waals surface area contributed by atoms with Crippen LogP contribution in [0.5, 0.6) is 0 Å². The quantitative estimate of drug-likeness (QED) is 0.197. The summed E-state index contributed by atoms with van der Waals surface area (Å²) in [6.45, 7) is 8.20. The molecule has 0 aliphatic heterocycles. The second-order valence-corrected chi connectivity index (χ2v) is 8.40. The molecule has 0 rings (SSSR count). The summed E-state index contributed by atoms with van der Waals surface area (Å²) in [5.74, 6) is 0. The lowest BCUT2D eigenvalue weighted by Gasteiger charge is -2.24. The molecular weight excluding hydrogens is 334 g/mol. The van der Waals surface area contributed by atoms with E-state index in [2.05, 4.69) is 24.0 Å². The Bertz CT molecular complexity index is 306. The number of nitrogens with zero attached hydrogens (tertiary/aromatic N) is 1. The van der Waals surface area contributed by atoms with Crippen molar-refractivity contribution in [1.29, 1.82) is 0 Å². The van der Waals surface area contributed by atoms with Crippen molar-refractivity contribution >= 4 is 0 Å². The normalized spacial score (nSPS) is 14.3. The molecule has 0 fully saturated rings. The highest BCUT2D eigenvalue weighted by Crippen LogP contribution is 2.10. The highest BCUT2D eigenvalue weighted by molar-refractivity contribution is 4.81. The minimum atomic E-state index is -0.324. The SMILES string of the molecule is CCCCCCCCCCC=CCCCCCCN(CC(C)O)CC(C)O. The number of rotatable bonds is 20. The lowest BCUT2D eigenvalue weighted by molar-refractivity contribution is 0.0825. The van der Waals surface area contributed by atoms with Crippen molar-refractivity contribution in [2.24, 2.45) is 0 Å². The summed E-state index contributed by atoms with van der Waals surface area (Å²) in [7, 11) is 0. The summed E-state index contributed by atoms with van der Waals surface area (Å²) >= 11 is 0. The summed E-state index contributed by atoms with van der Waals surface area (Å²) in [6.07, 6.45) is 22.7. The molecule has 2 N–H and O–H groups in total. The average molecular weight is 384 g/mol. The highest BCUT2D eigenvalue weighted by atomic mass is 16.3. The summed E-state index contributed by atoms with van der Waals surface area (Å²) in [5.41, 5.74) is 0. The van der Waals surface area contributed by atoms with Gasteiger partial charge in [-0.15, -0.1) is 0 Å². The van der Waals surface area contributed by atoms with Crippen molar-refractivity contribution in [3.63, 3.8) is 0 Å². The van der Waals surface area contributed by atoms with E-state index in [4.69, 9.17) is 0 Å². The lowest BCUT2D eigenvalue weighted by atomic mass is 10.1. The van der Waals surface area contributed by atoms with Crippen LogP contribution >= 0.6 is 0 Å². The highest BCUT2D eigenvalue weighted by Gasteiger charge is 2.10. The third-order valence-electron chi connectivity index (χ3n) is 5.03. The first-order chi connectivity index (χ1) is 13.1. The van der Waals surface area contributed by atoms with Gasteiger partial charge < -0.3 is 10.2 Å². The van der Waals surface area contributed by atoms with Gasteiger partial charge in [-0.1, -0.05) is 76.9 Å². The molecule has 0 saturated heterocycles. The molecule has 0 aromatic heterocycles. The molecule has 0 amide bonds. The Kier molecular flexibility index (Phi) is 20.1. The zero-order valence-electron chi connectivity index (χ0n) is 18.7. The number of aliphatic hydroxyl groups excluding tert-OH is 2. The van der Waals surface area contributed by atoms with Gasteiger partial charge in [0.25, 0.3) is 0 Å². The van der Waals surface area contributed by atoms with Crippen molar-refractivity contribution in [2.75, 3.05) is 19.6 Å². The largest absolute Gasteiger partial charge is 0.392 e. The van der Waals surface area contributed by atoms with E-state index < -0.39 is 0 Å². The van der Waals surface area contributed by atoms with Crippen LogP contribution in [-0.2, 0) is 0 Å². The molecule has 0 aliphatic rings. The molecule has 0 bridgehead atoms. The minimum absolute atomic E-state index is 0.324. The van der Waals surface area contributed by atoms with Crippen molar-refractivity contribution in [2.45, 2.75) is 123 Å². The summed E-state index contributed by atoms with van der Waals surface area (Å²) in [6, 6.07) is 0. The minimum Gasteiger partial charge on any atom is -0.392 e. The number of hydrogen-bond acceptors (Lipinski definition) is 3. The molecule has 0 aromatic carbocycles. The molecule has 2 atom stereocenters. The van der Waals surface area contributed by atoms with Crippen molar-refractivity contribution in [3.05, 3.63) is 12.2 Å². The second kappa shape index (κ2) is 20.4. The van der Waals surface area contributed by atoms with Crippen molar-refractivity contribution < 1.29 is 10.2 Å². The maximum Gasteiger partial charge on any atom is 0.0639 e. The van der Waals surface area contributed by atoms with E-state index >= 15 is 0 Å². The summed E-state index contributed by atoms with van der Waals surface area (Å²) < 4.78 is 0. The smallest absolute Gasteiger partial charge is 0.0639 e. The van der Waals surface area contributed by atoms with Crippen LogP contribution in [0.25, 0.3) is 0 Å². The maximum atomic E-state index is 9.54. The predicted molar refractivity (Wildman–Crippen MR) is 119 cm³/mol. The fourth-order valence-electron chi connectivity index (χ4n) is 3.59. The Morgan fingerprint density at radius 2 is 1.04 bits per heavy atom. The Morgan fingerprint density at radius 1 is 0.630 bits per heavy atom. The van der Waals surface area contributed by atoms with E-state index in [0.29, 0.717) is 13.1 Å². The van der Waals surface area contributed by atoms with Gasteiger partial charge in [-0.3, -0.25) is 4.90 Å². The second-order valence-electron chi connectivity index (χ2n) is 8.40. The van der Waals surface area contributed by atoms with Gasteiger partial charge in [-0.2, -0.15) is 0 Å². The van der Waals surface area contributed by atoms with E-state index in [0.717, 1.165) is 13.0 Å². The van der Waals surface area contributed by atoms with E-state index in [1.165, 1.54) is 83.5 Å². The predicted octanol–water partition coefficient (Wildman–Crippen LogP) is 6.09. The van der Waals surface area contributed by atoms with Crippen LogP contribution in [-0.4, -0.2) is 47.0 Å². The van der Waals surface area contributed by atoms with Gasteiger partial charge in [0.1, 0.15) is 0 Å². The number of hydrogen-bond donors (Lipinski definition) is 2. The molecule has 0 aliphatic carbocycles. The molecule has 2 unspecified atom stereocenters. The van der Waals surface area contributed by atoms with Crippen LogP contribution in [0.15, 0.2) is 12.2 Å². The van der Waals surface area contributed by atoms with Crippen LogP contribution in [0.4, 0.5) is 0 Å². The van der Waals surface area contributed by atoms with E-state index in [1.807, 2.05) is 13.8 Å². The van der Waals surface area contributed by atoms with E-state index in [-0.39, 0.29) is 12.2 Å². The summed E-state index contributed by atoms with van der Waals surface area (Å²) in [5, 5.41) is 19.1. The first-order valence-corrected chi connectivity index (χ1v) is 11.8. The van der Waals surface area contributed by atoms with Gasteiger partial charge in [0.05, 0.1) is 12.2 Å². The Hall–Kier alpha value is -0.380. The Balaban J connectivity index is 3.40. The van der Waals surface area contributed by atoms with Gasteiger partial charge >= 0.3 is 0 Å². The molecule has 162 valence electrons.